The maximum absolute atomic E-state index is 13.5. The average molecular weight is 416 g/mol. The Balaban J connectivity index is 1.41. The van der Waals surface area contributed by atoms with Crippen LogP contribution in [0.25, 0.3) is 0 Å². The summed E-state index contributed by atoms with van der Waals surface area (Å²) in [5, 5.41) is 10.1. The predicted octanol–water partition coefficient (Wildman–Crippen LogP) is 1.78. The fourth-order valence-corrected chi connectivity index (χ4v) is 6.38. The van der Waals surface area contributed by atoms with Crippen LogP contribution in [0.1, 0.15) is 64.7 Å². The van der Waals surface area contributed by atoms with Crippen LogP contribution in [0.15, 0.2) is 0 Å². The molecular formula is C23H33N3O4. The number of fused-ring (bicyclic) bond motifs is 2. The van der Waals surface area contributed by atoms with Gasteiger partial charge in [-0.05, 0) is 38.3 Å². The number of aromatic nitrogens is 1. The fourth-order valence-electron chi connectivity index (χ4n) is 6.38. The molecule has 4 atom stereocenters. The first kappa shape index (κ1) is 20.2. The number of morpholine rings is 1. The van der Waals surface area contributed by atoms with Crippen LogP contribution in [0.3, 0.4) is 0 Å². The number of ether oxygens (including phenoxy) is 1. The molecule has 3 saturated heterocycles. The van der Waals surface area contributed by atoms with Gasteiger partial charge in [0.1, 0.15) is 11.3 Å². The van der Waals surface area contributed by atoms with E-state index < -0.39 is 0 Å². The van der Waals surface area contributed by atoms with Crippen molar-refractivity contribution in [2.75, 3.05) is 39.3 Å². The molecule has 1 aromatic rings. The largest absolute Gasteiger partial charge is 0.396 e. The van der Waals surface area contributed by atoms with E-state index >= 15 is 0 Å². The number of unbranched alkanes of at least 4 members (excludes halogenated alkanes) is 1. The SMILES string of the molecule is CCCCN1C[C@@H]2[C@H](CO)[C@H]3CN(C(=O)c4[nH]c5c(c4C)C(=O)CCC5)C[C@]2(C1)O3. The van der Waals surface area contributed by atoms with Crippen LogP contribution in [-0.4, -0.2) is 82.6 Å². The van der Waals surface area contributed by atoms with Crippen LogP contribution in [0, 0.1) is 18.8 Å². The molecule has 0 saturated carbocycles. The molecule has 1 spiro atoms. The van der Waals surface area contributed by atoms with E-state index in [-0.39, 0.29) is 41.8 Å². The number of H-pyrrole nitrogens is 1. The molecule has 0 unspecified atom stereocenters. The Morgan fingerprint density at radius 1 is 1.30 bits per heavy atom. The van der Waals surface area contributed by atoms with Gasteiger partial charge in [-0.15, -0.1) is 0 Å². The topological polar surface area (TPSA) is 85.9 Å². The van der Waals surface area contributed by atoms with Crippen molar-refractivity contribution in [3.8, 4) is 0 Å². The van der Waals surface area contributed by atoms with Gasteiger partial charge in [0.2, 0.25) is 0 Å². The van der Waals surface area contributed by atoms with Gasteiger partial charge < -0.3 is 19.7 Å². The number of amides is 1. The van der Waals surface area contributed by atoms with Gasteiger partial charge in [-0.1, -0.05) is 13.3 Å². The number of nitrogens with one attached hydrogen (secondary N) is 1. The van der Waals surface area contributed by atoms with Gasteiger partial charge in [0.25, 0.3) is 5.91 Å². The molecule has 3 aliphatic heterocycles. The zero-order valence-corrected chi connectivity index (χ0v) is 18.1. The van der Waals surface area contributed by atoms with Gasteiger partial charge >= 0.3 is 0 Å². The maximum atomic E-state index is 13.5. The first-order valence-corrected chi connectivity index (χ1v) is 11.5. The molecule has 0 radical (unpaired) electrons. The van der Waals surface area contributed by atoms with Crippen molar-refractivity contribution in [2.45, 2.75) is 57.7 Å². The second-order valence-corrected chi connectivity index (χ2v) is 9.70. The minimum absolute atomic E-state index is 0.0354. The molecule has 7 heteroatoms. The number of aliphatic hydroxyl groups is 1. The number of Topliss-reactive ketones (excluding diaryl/α,β-unsaturated/α-hetero) is 1. The monoisotopic (exact) mass is 415 g/mol. The lowest BCUT2D eigenvalue weighted by Crippen LogP contribution is -2.55. The fraction of sp³-hybridized carbons (Fsp3) is 0.739. The van der Waals surface area contributed by atoms with E-state index in [1.807, 2.05) is 11.8 Å². The van der Waals surface area contributed by atoms with Crippen molar-refractivity contribution < 1.29 is 19.4 Å². The lowest BCUT2D eigenvalue weighted by molar-refractivity contribution is -0.108. The quantitative estimate of drug-likeness (QED) is 0.766. The van der Waals surface area contributed by atoms with E-state index in [4.69, 9.17) is 4.74 Å². The summed E-state index contributed by atoms with van der Waals surface area (Å²) in [5.74, 6) is 0.454. The number of aryl methyl sites for hydroxylation is 1. The highest BCUT2D eigenvalue weighted by atomic mass is 16.5. The summed E-state index contributed by atoms with van der Waals surface area (Å²) < 4.78 is 6.51. The van der Waals surface area contributed by atoms with Gasteiger partial charge in [-0.25, -0.2) is 0 Å². The number of aromatic amines is 1. The molecule has 164 valence electrons. The molecule has 2 N–H and O–H groups in total. The minimum atomic E-state index is -0.379. The van der Waals surface area contributed by atoms with Crippen LogP contribution in [0.5, 0.6) is 0 Å². The van der Waals surface area contributed by atoms with Gasteiger partial charge in [0.05, 0.1) is 12.6 Å². The van der Waals surface area contributed by atoms with Gasteiger partial charge in [0, 0.05) is 55.8 Å². The van der Waals surface area contributed by atoms with E-state index in [2.05, 4.69) is 16.8 Å². The molecule has 5 rings (SSSR count). The summed E-state index contributed by atoms with van der Waals surface area (Å²) in [5.41, 5.74) is 2.62. The molecule has 1 aromatic heterocycles. The van der Waals surface area contributed by atoms with Crippen LogP contribution >= 0.6 is 0 Å². The van der Waals surface area contributed by atoms with E-state index in [1.54, 1.807) is 0 Å². The summed E-state index contributed by atoms with van der Waals surface area (Å²) in [4.78, 5) is 33.6. The Kier molecular flexibility index (Phi) is 5.03. The Morgan fingerprint density at radius 2 is 2.13 bits per heavy atom. The predicted molar refractivity (Wildman–Crippen MR) is 112 cm³/mol. The minimum Gasteiger partial charge on any atom is -0.396 e. The number of likely N-dealkylation sites (tertiary alicyclic amines) is 2. The van der Waals surface area contributed by atoms with Crippen molar-refractivity contribution in [2.24, 2.45) is 11.8 Å². The number of aliphatic hydroxyl groups excluding tert-OH is 1. The normalized spacial score (nSPS) is 33.1. The first-order chi connectivity index (χ1) is 14.5. The molecule has 30 heavy (non-hydrogen) atoms. The second-order valence-electron chi connectivity index (χ2n) is 9.70. The lowest BCUT2D eigenvalue weighted by atomic mass is 9.83. The zero-order chi connectivity index (χ0) is 21.0. The van der Waals surface area contributed by atoms with Crippen molar-refractivity contribution in [1.29, 1.82) is 0 Å². The number of carbonyl (C=O) groups is 2. The Labute approximate surface area is 177 Å². The highest BCUT2D eigenvalue weighted by Crippen LogP contribution is 2.49. The molecule has 0 aromatic carbocycles. The summed E-state index contributed by atoms with van der Waals surface area (Å²) in [6, 6.07) is 0. The Bertz CT molecular complexity index is 865. The highest BCUT2D eigenvalue weighted by Gasteiger charge is 2.62. The van der Waals surface area contributed by atoms with Crippen molar-refractivity contribution in [3.63, 3.8) is 0 Å². The maximum Gasteiger partial charge on any atom is 0.270 e. The van der Waals surface area contributed by atoms with Crippen molar-refractivity contribution in [3.05, 3.63) is 22.5 Å². The third kappa shape index (κ3) is 2.97. The van der Waals surface area contributed by atoms with E-state index in [9.17, 15) is 14.7 Å². The van der Waals surface area contributed by atoms with E-state index in [0.717, 1.165) is 62.1 Å². The summed E-state index contributed by atoms with van der Waals surface area (Å²) in [6.45, 7) is 8.06. The van der Waals surface area contributed by atoms with Gasteiger partial charge in [-0.3, -0.25) is 14.5 Å². The van der Waals surface area contributed by atoms with Gasteiger partial charge in [0.15, 0.2) is 5.78 Å². The Morgan fingerprint density at radius 3 is 2.87 bits per heavy atom. The van der Waals surface area contributed by atoms with E-state index in [1.165, 1.54) is 0 Å². The molecule has 7 nitrogen and oxygen atoms in total. The number of ketones is 1. The molecule has 1 aliphatic carbocycles. The summed E-state index contributed by atoms with van der Waals surface area (Å²) in [6.07, 6.45) is 4.43. The average Bonchev–Trinajstić information content (AvgIpc) is 3.31. The van der Waals surface area contributed by atoms with Crippen LogP contribution in [0.4, 0.5) is 0 Å². The number of nitrogens with zero attached hydrogens (tertiary/aromatic N) is 2. The third-order valence-corrected chi connectivity index (χ3v) is 7.84. The zero-order valence-electron chi connectivity index (χ0n) is 18.1. The summed E-state index contributed by atoms with van der Waals surface area (Å²) in [7, 11) is 0. The Hall–Kier alpha value is -1.70. The second kappa shape index (κ2) is 7.46. The lowest BCUT2D eigenvalue weighted by Gasteiger charge is -2.40. The van der Waals surface area contributed by atoms with Crippen LogP contribution < -0.4 is 0 Å². The number of rotatable bonds is 5. The molecule has 2 bridgehead atoms. The smallest absolute Gasteiger partial charge is 0.270 e. The molecule has 4 heterocycles. The molecule has 4 aliphatic rings. The van der Waals surface area contributed by atoms with Crippen molar-refractivity contribution >= 4 is 11.7 Å². The van der Waals surface area contributed by atoms with Crippen LogP contribution in [0.2, 0.25) is 0 Å². The number of carbonyl (C=O) groups excluding carboxylic acids is 2. The highest BCUT2D eigenvalue weighted by molar-refractivity contribution is 6.04. The third-order valence-electron chi connectivity index (χ3n) is 7.84. The standard InChI is InChI=1S/C23H33N3O4/c1-3-4-8-25-9-16-15(11-27)19-10-26(13-23(16,12-25)30-19)22(29)21-14(2)20-17(24-21)6-5-7-18(20)28/h15-16,19,24,27H,3-13H2,1-2H3/t15-,16+,19+,23-/m0/s1. The summed E-state index contributed by atoms with van der Waals surface area (Å²) >= 11 is 0. The molecular weight excluding hydrogens is 382 g/mol. The molecule has 3 fully saturated rings. The van der Waals surface area contributed by atoms with E-state index in [0.29, 0.717) is 25.2 Å². The number of hydrogen-bond acceptors (Lipinski definition) is 5. The first-order valence-electron chi connectivity index (χ1n) is 11.5. The van der Waals surface area contributed by atoms with Crippen LogP contribution in [-0.2, 0) is 11.2 Å². The molecule has 1 amide bonds. The number of hydrogen-bond donors (Lipinski definition) is 2. The van der Waals surface area contributed by atoms with Crippen molar-refractivity contribution in [1.82, 2.24) is 14.8 Å². The van der Waals surface area contributed by atoms with Gasteiger partial charge in [-0.2, -0.15) is 0 Å².